The number of nitrogens with zero attached hydrogens (tertiary/aromatic N) is 3. The second kappa shape index (κ2) is 4.80. The lowest BCUT2D eigenvalue weighted by atomic mass is 10.6. The van der Waals surface area contributed by atoms with Crippen molar-refractivity contribution >= 4 is 32.4 Å². The van der Waals surface area contributed by atoms with Gasteiger partial charge in [-0.3, -0.25) is 14.3 Å². The van der Waals surface area contributed by atoms with Crippen molar-refractivity contribution in [2.24, 2.45) is 0 Å². The van der Waals surface area contributed by atoms with Crippen molar-refractivity contribution in [3.63, 3.8) is 0 Å². The fourth-order valence-electron chi connectivity index (χ4n) is 1.16. The highest BCUT2D eigenvalue weighted by atomic mass is 79.9. The van der Waals surface area contributed by atoms with E-state index in [2.05, 4.69) is 36.4 Å². The van der Waals surface area contributed by atoms with Crippen molar-refractivity contribution in [2.75, 3.05) is 12.4 Å². The molecule has 0 radical (unpaired) electrons. The molecule has 0 atom stereocenters. The van der Waals surface area contributed by atoms with E-state index in [0.29, 0.717) is 14.6 Å². The zero-order chi connectivity index (χ0) is 12.4. The Labute approximate surface area is 108 Å². The monoisotopic (exact) mass is 317 g/mol. The molecule has 0 aliphatic rings. The van der Waals surface area contributed by atoms with E-state index in [1.54, 1.807) is 7.05 Å². The van der Waals surface area contributed by atoms with Crippen LogP contribution in [-0.4, -0.2) is 26.8 Å². The molecule has 7 nitrogen and oxygen atoms in total. The standard InChI is InChI=1S/C8H8BrN5O2S/c1-10-7-13-12-5(17-7)3-14-2-4(9)6(15)11-8(14)16/h2H,3H2,1H3,(H,10,13)(H,11,15,16). The maximum Gasteiger partial charge on any atom is 0.328 e. The molecule has 2 rings (SSSR count). The van der Waals surface area contributed by atoms with Crippen LogP contribution in [-0.2, 0) is 6.54 Å². The molecule has 0 fully saturated rings. The van der Waals surface area contributed by atoms with Crippen LogP contribution in [0.15, 0.2) is 20.3 Å². The third-order valence-electron chi connectivity index (χ3n) is 1.95. The average molecular weight is 318 g/mol. The van der Waals surface area contributed by atoms with Gasteiger partial charge in [0.15, 0.2) is 0 Å². The van der Waals surface area contributed by atoms with Crippen LogP contribution in [0.4, 0.5) is 5.13 Å². The molecule has 2 N–H and O–H groups in total. The second-order valence-corrected chi connectivity index (χ2v) is 5.03. The third-order valence-corrected chi connectivity index (χ3v) is 3.44. The van der Waals surface area contributed by atoms with E-state index < -0.39 is 11.2 Å². The minimum Gasteiger partial charge on any atom is -0.363 e. The Balaban J connectivity index is 2.33. The molecule has 0 amide bonds. The Morgan fingerprint density at radius 2 is 2.29 bits per heavy atom. The summed E-state index contributed by atoms with van der Waals surface area (Å²) >= 11 is 4.41. The van der Waals surface area contributed by atoms with E-state index in [-0.39, 0.29) is 6.54 Å². The molecule has 0 aliphatic heterocycles. The van der Waals surface area contributed by atoms with Crippen LogP contribution in [0.3, 0.4) is 0 Å². The zero-order valence-corrected chi connectivity index (χ0v) is 11.1. The Hall–Kier alpha value is -1.48. The van der Waals surface area contributed by atoms with E-state index in [4.69, 9.17) is 0 Å². The van der Waals surface area contributed by atoms with Crippen molar-refractivity contribution in [1.29, 1.82) is 0 Å². The molecule has 0 saturated heterocycles. The molecule has 90 valence electrons. The van der Waals surface area contributed by atoms with Crippen molar-refractivity contribution < 1.29 is 0 Å². The summed E-state index contributed by atoms with van der Waals surface area (Å²) in [5.74, 6) is 0. The average Bonchev–Trinajstić information content (AvgIpc) is 2.73. The summed E-state index contributed by atoms with van der Waals surface area (Å²) in [6.07, 6.45) is 1.43. The third kappa shape index (κ3) is 2.61. The van der Waals surface area contributed by atoms with Crippen LogP contribution < -0.4 is 16.6 Å². The number of halogens is 1. The van der Waals surface area contributed by atoms with Gasteiger partial charge in [0.1, 0.15) is 5.01 Å². The largest absolute Gasteiger partial charge is 0.363 e. The highest BCUT2D eigenvalue weighted by molar-refractivity contribution is 9.10. The number of aromatic nitrogens is 4. The molecule has 0 bridgehead atoms. The molecule has 0 spiro atoms. The summed E-state index contributed by atoms with van der Waals surface area (Å²) in [5.41, 5.74) is -0.918. The van der Waals surface area contributed by atoms with Gasteiger partial charge in [-0.2, -0.15) is 0 Å². The summed E-state index contributed by atoms with van der Waals surface area (Å²) < 4.78 is 1.65. The van der Waals surface area contributed by atoms with Gasteiger partial charge in [-0.1, -0.05) is 11.3 Å². The van der Waals surface area contributed by atoms with Gasteiger partial charge in [0, 0.05) is 13.2 Å². The molecule has 2 heterocycles. The normalized spacial score (nSPS) is 10.5. The lowest BCUT2D eigenvalue weighted by molar-refractivity contribution is 0.705. The molecule has 0 saturated carbocycles. The van der Waals surface area contributed by atoms with Crippen molar-refractivity contribution in [1.82, 2.24) is 19.7 Å². The number of aromatic amines is 1. The Bertz CT molecular complexity index is 646. The second-order valence-electron chi connectivity index (χ2n) is 3.12. The minimum absolute atomic E-state index is 0.271. The van der Waals surface area contributed by atoms with Crippen molar-refractivity contribution in [3.8, 4) is 0 Å². The van der Waals surface area contributed by atoms with Gasteiger partial charge in [0.2, 0.25) is 5.13 Å². The van der Waals surface area contributed by atoms with E-state index in [1.807, 2.05) is 0 Å². The topological polar surface area (TPSA) is 92.7 Å². The number of hydrogen-bond donors (Lipinski definition) is 2. The number of nitrogens with one attached hydrogen (secondary N) is 2. The first kappa shape index (κ1) is 12.0. The van der Waals surface area contributed by atoms with E-state index in [0.717, 1.165) is 0 Å². The van der Waals surface area contributed by atoms with Gasteiger partial charge >= 0.3 is 5.69 Å². The van der Waals surface area contributed by atoms with Crippen LogP contribution in [0.5, 0.6) is 0 Å². The summed E-state index contributed by atoms with van der Waals surface area (Å²) in [7, 11) is 1.74. The van der Waals surface area contributed by atoms with Gasteiger partial charge in [0.25, 0.3) is 5.56 Å². The van der Waals surface area contributed by atoms with Crippen molar-refractivity contribution in [3.05, 3.63) is 36.5 Å². The van der Waals surface area contributed by atoms with Crippen LogP contribution in [0, 0.1) is 0 Å². The molecule has 9 heteroatoms. The van der Waals surface area contributed by atoms with Crippen molar-refractivity contribution in [2.45, 2.75) is 6.54 Å². The minimum atomic E-state index is -0.473. The Morgan fingerprint density at radius 1 is 1.53 bits per heavy atom. The van der Waals surface area contributed by atoms with Gasteiger partial charge in [-0.25, -0.2) is 4.79 Å². The fourth-order valence-corrected chi connectivity index (χ4v) is 2.20. The summed E-state index contributed by atoms with van der Waals surface area (Å²) in [5, 5.41) is 12.0. The van der Waals surface area contributed by atoms with Crippen LogP contribution in [0.25, 0.3) is 0 Å². The lowest BCUT2D eigenvalue weighted by Gasteiger charge is -2.01. The van der Waals surface area contributed by atoms with E-state index in [9.17, 15) is 9.59 Å². The first-order valence-corrected chi connectivity index (χ1v) is 6.20. The molecule has 17 heavy (non-hydrogen) atoms. The predicted molar refractivity (Wildman–Crippen MR) is 67.6 cm³/mol. The van der Waals surface area contributed by atoms with Gasteiger partial charge < -0.3 is 5.32 Å². The van der Waals surface area contributed by atoms with Crippen LogP contribution >= 0.6 is 27.3 Å². The summed E-state index contributed by atoms with van der Waals surface area (Å²) in [6, 6.07) is 0. The van der Waals surface area contributed by atoms with Crippen LogP contribution in [0.2, 0.25) is 0 Å². The molecule has 0 aliphatic carbocycles. The van der Waals surface area contributed by atoms with Gasteiger partial charge in [0.05, 0.1) is 11.0 Å². The number of anilines is 1. The number of H-pyrrole nitrogens is 1. The maximum absolute atomic E-state index is 11.5. The fraction of sp³-hybridized carbons (Fsp3) is 0.250. The molecule has 0 aromatic carbocycles. The van der Waals surface area contributed by atoms with Crippen LogP contribution in [0.1, 0.15) is 5.01 Å². The van der Waals surface area contributed by atoms with E-state index in [1.165, 1.54) is 22.1 Å². The quantitative estimate of drug-likeness (QED) is 0.846. The molecular formula is C8H8BrN5O2S. The molecular weight excluding hydrogens is 310 g/mol. The van der Waals surface area contributed by atoms with Gasteiger partial charge in [-0.05, 0) is 15.9 Å². The molecule has 0 unspecified atom stereocenters. The lowest BCUT2D eigenvalue weighted by Crippen LogP contribution is -2.30. The van der Waals surface area contributed by atoms with Gasteiger partial charge in [-0.15, -0.1) is 10.2 Å². The first-order chi connectivity index (χ1) is 8.10. The summed E-state index contributed by atoms with van der Waals surface area (Å²) in [6.45, 7) is 0.271. The van der Waals surface area contributed by atoms with E-state index >= 15 is 0 Å². The Kier molecular flexibility index (Phi) is 3.38. The SMILES string of the molecule is CNc1nnc(Cn2cc(Br)c(=O)[nH]c2=O)s1. The number of rotatable bonds is 3. The number of hydrogen-bond acceptors (Lipinski definition) is 6. The molecule has 2 aromatic heterocycles. The Morgan fingerprint density at radius 3 is 2.94 bits per heavy atom. The first-order valence-electron chi connectivity index (χ1n) is 4.59. The maximum atomic E-state index is 11.5. The smallest absolute Gasteiger partial charge is 0.328 e. The highest BCUT2D eigenvalue weighted by Crippen LogP contribution is 2.14. The zero-order valence-electron chi connectivity index (χ0n) is 8.73. The highest BCUT2D eigenvalue weighted by Gasteiger charge is 2.06. The predicted octanol–water partition coefficient (Wildman–Crippen LogP) is 0.241. The molecule has 2 aromatic rings. The summed E-state index contributed by atoms with van der Waals surface area (Å²) in [4.78, 5) is 24.8.